The summed E-state index contributed by atoms with van der Waals surface area (Å²) >= 11 is 6.29. The summed E-state index contributed by atoms with van der Waals surface area (Å²) in [6.45, 7) is 2.45. The summed E-state index contributed by atoms with van der Waals surface area (Å²) in [5, 5.41) is 3.59. The van der Waals surface area contributed by atoms with Crippen LogP contribution in [0.2, 0.25) is 5.02 Å². The molecule has 2 heterocycles. The fourth-order valence-electron chi connectivity index (χ4n) is 3.92. The Balaban J connectivity index is 1.49. The number of carbonyl (C=O) groups is 2. The van der Waals surface area contributed by atoms with Crippen LogP contribution in [-0.2, 0) is 16.1 Å². The van der Waals surface area contributed by atoms with Gasteiger partial charge in [-0.05, 0) is 43.1 Å². The van der Waals surface area contributed by atoms with E-state index < -0.39 is 0 Å². The molecule has 6 heteroatoms. The van der Waals surface area contributed by atoms with E-state index in [1.165, 1.54) is 0 Å². The Morgan fingerprint density at radius 1 is 1.15 bits per heavy atom. The number of nitrogens with zero attached hydrogens (tertiary/aromatic N) is 2. The van der Waals surface area contributed by atoms with E-state index in [1.807, 2.05) is 48.5 Å². The van der Waals surface area contributed by atoms with Crippen molar-refractivity contribution in [2.24, 2.45) is 5.92 Å². The van der Waals surface area contributed by atoms with E-state index in [-0.39, 0.29) is 24.3 Å². The molecule has 1 atom stereocenters. The summed E-state index contributed by atoms with van der Waals surface area (Å²) in [5.74, 6) is -0.230. The number of para-hydroxylation sites is 2. The van der Waals surface area contributed by atoms with Gasteiger partial charge in [-0.1, -0.05) is 41.9 Å². The normalized spacial score (nSPS) is 20.1. The van der Waals surface area contributed by atoms with Crippen molar-refractivity contribution in [3.63, 3.8) is 0 Å². The number of halogens is 1. The maximum atomic E-state index is 13.2. The lowest BCUT2D eigenvalue weighted by atomic mass is 9.95. The Morgan fingerprint density at radius 3 is 2.78 bits per heavy atom. The number of carbonyl (C=O) groups excluding carboxylic acids is 2. The van der Waals surface area contributed by atoms with E-state index >= 15 is 0 Å². The van der Waals surface area contributed by atoms with Gasteiger partial charge in [-0.25, -0.2) is 0 Å². The van der Waals surface area contributed by atoms with E-state index in [2.05, 4.69) is 10.2 Å². The van der Waals surface area contributed by atoms with Crippen molar-refractivity contribution >= 4 is 34.8 Å². The number of piperidine rings is 1. The van der Waals surface area contributed by atoms with Crippen LogP contribution in [0.25, 0.3) is 0 Å². The molecule has 0 radical (unpaired) electrons. The van der Waals surface area contributed by atoms with Gasteiger partial charge >= 0.3 is 0 Å². The minimum Gasteiger partial charge on any atom is -0.323 e. The second-order valence-corrected chi connectivity index (χ2v) is 7.56. The zero-order chi connectivity index (χ0) is 18.8. The van der Waals surface area contributed by atoms with Crippen LogP contribution in [0.3, 0.4) is 0 Å². The fraction of sp³-hybridized carbons (Fsp3) is 0.333. The number of fused-ring (bicyclic) bond motifs is 1. The quantitative estimate of drug-likeness (QED) is 0.882. The van der Waals surface area contributed by atoms with E-state index in [0.29, 0.717) is 12.2 Å². The van der Waals surface area contributed by atoms with Gasteiger partial charge in [0.2, 0.25) is 11.8 Å². The van der Waals surface area contributed by atoms with Crippen molar-refractivity contribution in [3.05, 3.63) is 59.1 Å². The Hall–Kier alpha value is -2.37. The first-order valence-corrected chi connectivity index (χ1v) is 9.65. The second-order valence-electron chi connectivity index (χ2n) is 7.16. The van der Waals surface area contributed by atoms with Crippen LogP contribution >= 0.6 is 11.6 Å². The molecule has 2 aromatic carbocycles. The van der Waals surface area contributed by atoms with Gasteiger partial charge in [0.05, 0.1) is 17.3 Å². The number of likely N-dealkylation sites (tertiary alicyclic amines) is 1. The van der Waals surface area contributed by atoms with Crippen molar-refractivity contribution in [2.75, 3.05) is 29.9 Å². The van der Waals surface area contributed by atoms with Crippen LogP contribution in [0.15, 0.2) is 48.5 Å². The highest BCUT2D eigenvalue weighted by atomic mass is 35.5. The highest BCUT2D eigenvalue weighted by molar-refractivity contribution is 6.31. The first-order chi connectivity index (χ1) is 13.1. The van der Waals surface area contributed by atoms with Gasteiger partial charge in [0.25, 0.3) is 0 Å². The maximum Gasteiger partial charge on any atom is 0.244 e. The third-order valence-electron chi connectivity index (χ3n) is 5.24. The van der Waals surface area contributed by atoms with Crippen LogP contribution < -0.4 is 10.2 Å². The average Bonchev–Trinajstić information content (AvgIpc) is 2.69. The predicted octanol–water partition coefficient (Wildman–Crippen LogP) is 3.54. The van der Waals surface area contributed by atoms with Gasteiger partial charge in [0, 0.05) is 18.1 Å². The average molecular weight is 384 g/mol. The minimum atomic E-state index is -0.147. The van der Waals surface area contributed by atoms with Gasteiger partial charge in [-0.15, -0.1) is 0 Å². The highest BCUT2D eigenvalue weighted by Gasteiger charge is 2.33. The van der Waals surface area contributed by atoms with Gasteiger partial charge in [0.15, 0.2) is 0 Å². The lowest BCUT2D eigenvalue weighted by Crippen LogP contribution is -2.48. The van der Waals surface area contributed by atoms with Crippen LogP contribution in [0, 0.1) is 5.92 Å². The molecular weight excluding hydrogens is 362 g/mol. The molecule has 2 amide bonds. The number of hydrogen-bond donors (Lipinski definition) is 1. The Morgan fingerprint density at radius 2 is 1.93 bits per heavy atom. The number of anilines is 2. The predicted molar refractivity (Wildman–Crippen MR) is 107 cm³/mol. The zero-order valence-electron chi connectivity index (χ0n) is 15.0. The molecule has 0 bridgehead atoms. The molecule has 1 unspecified atom stereocenters. The molecule has 0 saturated carbocycles. The Bertz CT molecular complexity index is 870. The van der Waals surface area contributed by atoms with Crippen molar-refractivity contribution in [2.45, 2.75) is 19.4 Å². The molecule has 2 aliphatic heterocycles. The van der Waals surface area contributed by atoms with Crippen LogP contribution in [0.1, 0.15) is 18.4 Å². The van der Waals surface area contributed by atoms with Crippen LogP contribution in [-0.4, -0.2) is 36.3 Å². The van der Waals surface area contributed by atoms with E-state index in [1.54, 1.807) is 4.90 Å². The molecule has 2 aliphatic rings. The third-order valence-corrected chi connectivity index (χ3v) is 5.61. The third kappa shape index (κ3) is 3.84. The fourth-order valence-corrected chi connectivity index (χ4v) is 4.11. The highest BCUT2D eigenvalue weighted by Crippen LogP contribution is 2.32. The van der Waals surface area contributed by atoms with E-state index in [0.717, 1.165) is 42.2 Å². The minimum absolute atomic E-state index is 0.0289. The first kappa shape index (κ1) is 18.0. The molecule has 1 saturated heterocycles. The van der Waals surface area contributed by atoms with Crippen LogP contribution in [0.5, 0.6) is 0 Å². The lowest BCUT2D eigenvalue weighted by Gasteiger charge is -2.36. The van der Waals surface area contributed by atoms with E-state index in [4.69, 9.17) is 11.6 Å². The van der Waals surface area contributed by atoms with Crippen molar-refractivity contribution < 1.29 is 9.59 Å². The lowest BCUT2D eigenvalue weighted by molar-refractivity contribution is -0.126. The zero-order valence-corrected chi connectivity index (χ0v) is 15.8. The number of rotatable bonds is 3. The molecule has 140 valence electrons. The molecule has 1 fully saturated rings. The monoisotopic (exact) mass is 383 g/mol. The van der Waals surface area contributed by atoms with Crippen molar-refractivity contribution in [1.82, 2.24) is 4.90 Å². The second kappa shape index (κ2) is 7.71. The SMILES string of the molecule is O=C1CN(C(=O)C2CCCN(Cc3ccccc3Cl)C2)c2ccccc2N1. The largest absolute Gasteiger partial charge is 0.323 e. The molecule has 0 aromatic heterocycles. The van der Waals surface area contributed by atoms with Crippen molar-refractivity contribution in [3.8, 4) is 0 Å². The van der Waals surface area contributed by atoms with Crippen molar-refractivity contribution in [1.29, 1.82) is 0 Å². The molecule has 1 N–H and O–H groups in total. The molecule has 27 heavy (non-hydrogen) atoms. The van der Waals surface area contributed by atoms with Gasteiger partial charge < -0.3 is 10.2 Å². The number of hydrogen-bond acceptors (Lipinski definition) is 3. The van der Waals surface area contributed by atoms with Crippen LogP contribution in [0.4, 0.5) is 11.4 Å². The molecule has 0 spiro atoms. The molecule has 2 aromatic rings. The summed E-state index contributed by atoms with van der Waals surface area (Å²) in [6, 6.07) is 15.3. The topological polar surface area (TPSA) is 52.7 Å². The van der Waals surface area contributed by atoms with Gasteiger partial charge in [0.1, 0.15) is 6.54 Å². The Labute approximate surface area is 163 Å². The molecule has 0 aliphatic carbocycles. The summed E-state index contributed by atoms with van der Waals surface area (Å²) < 4.78 is 0. The Kier molecular flexibility index (Phi) is 5.14. The molecular formula is C21H22ClN3O2. The smallest absolute Gasteiger partial charge is 0.244 e. The first-order valence-electron chi connectivity index (χ1n) is 9.28. The van der Waals surface area contributed by atoms with Gasteiger partial charge in [-0.3, -0.25) is 14.5 Å². The number of nitrogens with one attached hydrogen (secondary N) is 1. The maximum absolute atomic E-state index is 13.2. The molecule has 5 nitrogen and oxygen atoms in total. The number of benzene rings is 2. The standard InChI is InChI=1S/C21H22ClN3O2/c22-17-8-2-1-6-15(17)12-24-11-5-7-16(13-24)21(27)25-14-20(26)23-18-9-3-4-10-19(18)25/h1-4,6,8-10,16H,5,7,11-14H2,(H,23,26). The summed E-state index contributed by atoms with van der Waals surface area (Å²) in [6.07, 6.45) is 1.81. The summed E-state index contributed by atoms with van der Waals surface area (Å²) in [4.78, 5) is 29.2. The summed E-state index contributed by atoms with van der Waals surface area (Å²) in [7, 11) is 0. The van der Waals surface area contributed by atoms with E-state index in [9.17, 15) is 9.59 Å². The summed E-state index contributed by atoms with van der Waals surface area (Å²) in [5.41, 5.74) is 2.56. The number of amides is 2. The van der Waals surface area contributed by atoms with Gasteiger partial charge in [-0.2, -0.15) is 0 Å². The molecule has 4 rings (SSSR count).